The fourth-order valence-electron chi connectivity index (χ4n) is 3.54. The van der Waals surface area contributed by atoms with Gasteiger partial charge < -0.3 is 20.4 Å². The molecule has 10 heteroatoms. The minimum absolute atomic E-state index is 0.141. The SMILES string of the molecule is CSc1ccc(NC(=O)N2CCC3(CC2)CC(C(=O)Nc2ccc(Cl)cn2)=NO3)cc1. The lowest BCUT2D eigenvalue weighted by atomic mass is 9.87. The van der Waals surface area contributed by atoms with Gasteiger partial charge in [-0.15, -0.1) is 11.8 Å². The predicted octanol–water partition coefficient (Wildman–Crippen LogP) is 4.24. The van der Waals surface area contributed by atoms with Crippen LogP contribution < -0.4 is 10.6 Å². The van der Waals surface area contributed by atoms with E-state index >= 15 is 0 Å². The largest absolute Gasteiger partial charge is 0.388 e. The molecule has 2 aliphatic heterocycles. The van der Waals surface area contributed by atoms with E-state index in [0.29, 0.717) is 48.9 Å². The van der Waals surface area contributed by atoms with Crippen LogP contribution in [0, 0.1) is 0 Å². The zero-order chi connectivity index (χ0) is 21.8. The van der Waals surface area contributed by atoms with E-state index in [1.807, 2.05) is 30.5 Å². The second kappa shape index (κ2) is 9.15. The fraction of sp³-hybridized carbons (Fsp3) is 0.333. The molecular formula is C21H22ClN5O3S. The Balaban J connectivity index is 1.27. The number of likely N-dealkylation sites (tertiary alicyclic amines) is 1. The van der Waals surface area contributed by atoms with Crippen molar-refractivity contribution in [3.8, 4) is 0 Å². The van der Waals surface area contributed by atoms with Gasteiger partial charge in [0.2, 0.25) is 0 Å². The number of rotatable bonds is 4. The molecular weight excluding hydrogens is 438 g/mol. The van der Waals surface area contributed by atoms with E-state index in [1.54, 1.807) is 28.8 Å². The van der Waals surface area contributed by atoms with Crippen molar-refractivity contribution < 1.29 is 14.4 Å². The van der Waals surface area contributed by atoms with Crippen LogP contribution in [0.1, 0.15) is 19.3 Å². The van der Waals surface area contributed by atoms with Crippen LogP contribution in [0.15, 0.2) is 52.6 Å². The number of benzene rings is 1. The third kappa shape index (κ3) is 5.11. The van der Waals surface area contributed by atoms with Crippen molar-refractivity contribution in [3.63, 3.8) is 0 Å². The number of pyridine rings is 1. The van der Waals surface area contributed by atoms with E-state index in [9.17, 15) is 9.59 Å². The molecule has 1 aromatic carbocycles. The molecule has 0 saturated carbocycles. The summed E-state index contributed by atoms with van der Waals surface area (Å²) in [5.41, 5.74) is 0.540. The first-order valence-electron chi connectivity index (χ1n) is 9.84. The average Bonchev–Trinajstić information content (AvgIpc) is 3.20. The number of hydrogen-bond donors (Lipinski definition) is 2. The number of carbonyl (C=O) groups excluding carboxylic acids is 2. The molecule has 0 atom stereocenters. The summed E-state index contributed by atoms with van der Waals surface area (Å²) >= 11 is 7.46. The third-order valence-electron chi connectivity index (χ3n) is 5.37. The normalized spacial score (nSPS) is 17.1. The van der Waals surface area contributed by atoms with E-state index in [4.69, 9.17) is 16.4 Å². The van der Waals surface area contributed by atoms with Gasteiger partial charge in [-0.1, -0.05) is 16.8 Å². The molecule has 3 amide bonds. The van der Waals surface area contributed by atoms with Gasteiger partial charge in [-0.25, -0.2) is 9.78 Å². The summed E-state index contributed by atoms with van der Waals surface area (Å²) in [5.74, 6) is 0.0515. The van der Waals surface area contributed by atoms with Crippen molar-refractivity contribution in [3.05, 3.63) is 47.6 Å². The molecule has 2 aliphatic rings. The fourth-order valence-corrected chi connectivity index (χ4v) is 4.06. The first-order chi connectivity index (χ1) is 15.0. The Bertz CT molecular complexity index is 989. The van der Waals surface area contributed by atoms with Crippen LogP contribution in [0.25, 0.3) is 0 Å². The first-order valence-corrected chi connectivity index (χ1v) is 11.4. The Labute approximate surface area is 189 Å². The van der Waals surface area contributed by atoms with E-state index in [2.05, 4.69) is 20.8 Å². The third-order valence-corrected chi connectivity index (χ3v) is 6.34. The maximum Gasteiger partial charge on any atom is 0.321 e. The lowest BCUT2D eigenvalue weighted by molar-refractivity contribution is -0.110. The van der Waals surface area contributed by atoms with Gasteiger partial charge in [0, 0.05) is 49.1 Å². The van der Waals surface area contributed by atoms with Crippen LogP contribution in [0.5, 0.6) is 0 Å². The van der Waals surface area contributed by atoms with Crippen molar-refractivity contribution in [2.75, 3.05) is 30.0 Å². The molecule has 1 saturated heterocycles. The average molecular weight is 460 g/mol. The summed E-state index contributed by atoms with van der Waals surface area (Å²) in [6.45, 7) is 1.05. The quantitative estimate of drug-likeness (QED) is 0.667. The Morgan fingerprint density at radius 3 is 2.52 bits per heavy atom. The standard InChI is InChI=1S/C21H22ClN5O3S/c1-31-16-5-3-15(4-6-16)24-20(29)27-10-8-21(9-11-27)12-17(26-30-21)19(28)25-18-7-2-14(22)13-23-18/h2-7,13H,8-12H2,1H3,(H,24,29)(H,23,25,28). The molecule has 2 N–H and O–H groups in total. The summed E-state index contributed by atoms with van der Waals surface area (Å²) < 4.78 is 0. The summed E-state index contributed by atoms with van der Waals surface area (Å²) in [6, 6.07) is 10.9. The van der Waals surface area contributed by atoms with E-state index < -0.39 is 5.60 Å². The number of urea groups is 1. The molecule has 0 bridgehead atoms. The molecule has 162 valence electrons. The minimum atomic E-state index is -0.545. The summed E-state index contributed by atoms with van der Waals surface area (Å²) in [5, 5.41) is 10.1. The Morgan fingerprint density at radius 2 is 1.87 bits per heavy atom. The number of oxime groups is 1. The number of anilines is 2. The number of aromatic nitrogens is 1. The zero-order valence-electron chi connectivity index (χ0n) is 16.9. The van der Waals surface area contributed by atoms with Crippen LogP contribution in [0.3, 0.4) is 0 Å². The molecule has 4 rings (SSSR count). The minimum Gasteiger partial charge on any atom is -0.388 e. The second-order valence-electron chi connectivity index (χ2n) is 7.45. The highest BCUT2D eigenvalue weighted by molar-refractivity contribution is 7.98. The predicted molar refractivity (Wildman–Crippen MR) is 122 cm³/mol. The lowest BCUT2D eigenvalue weighted by Gasteiger charge is -2.37. The van der Waals surface area contributed by atoms with Gasteiger partial charge in [-0.2, -0.15) is 0 Å². The first kappa shape index (κ1) is 21.5. The van der Waals surface area contributed by atoms with Crippen molar-refractivity contribution in [2.45, 2.75) is 29.8 Å². The van der Waals surface area contributed by atoms with Gasteiger partial charge in [0.15, 0.2) is 0 Å². The molecule has 0 radical (unpaired) electrons. The number of halogens is 1. The maximum absolute atomic E-state index is 12.6. The van der Waals surface area contributed by atoms with Crippen molar-refractivity contribution in [1.82, 2.24) is 9.88 Å². The topological polar surface area (TPSA) is 95.9 Å². The molecule has 1 spiro atoms. The monoisotopic (exact) mass is 459 g/mol. The molecule has 1 aromatic heterocycles. The lowest BCUT2D eigenvalue weighted by Crippen LogP contribution is -2.48. The van der Waals surface area contributed by atoms with Gasteiger partial charge >= 0.3 is 6.03 Å². The van der Waals surface area contributed by atoms with E-state index in [-0.39, 0.29) is 11.9 Å². The number of piperidine rings is 1. The van der Waals surface area contributed by atoms with Gasteiger partial charge in [-0.05, 0) is 42.7 Å². The number of thioether (sulfide) groups is 1. The number of carbonyl (C=O) groups is 2. The van der Waals surface area contributed by atoms with Crippen molar-refractivity contribution in [2.24, 2.45) is 5.16 Å². The molecule has 3 heterocycles. The zero-order valence-corrected chi connectivity index (χ0v) is 18.5. The van der Waals surface area contributed by atoms with Crippen molar-refractivity contribution in [1.29, 1.82) is 0 Å². The molecule has 0 unspecified atom stereocenters. The molecule has 31 heavy (non-hydrogen) atoms. The maximum atomic E-state index is 12.6. The molecule has 0 aliphatic carbocycles. The van der Waals surface area contributed by atoms with Crippen LogP contribution in [0.2, 0.25) is 5.02 Å². The number of nitrogens with zero attached hydrogens (tertiary/aromatic N) is 3. The number of amides is 3. The van der Waals surface area contributed by atoms with Gasteiger partial charge in [0.25, 0.3) is 5.91 Å². The highest BCUT2D eigenvalue weighted by Crippen LogP contribution is 2.35. The summed E-state index contributed by atoms with van der Waals surface area (Å²) in [7, 11) is 0. The summed E-state index contributed by atoms with van der Waals surface area (Å²) in [6.07, 6.45) is 5.08. The van der Waals surface area contributed by atoms with Gasteiger partial charge in [-0.3, -0.25) is 4.79 Å². The number of hydrogen-bond acceptors (Lipinski definition) is 6. The van der Waals surface area contributed by atoms with E-state index in [1.165, 1.54) is 6.20 Å². The highest BCUT2D eigenvalue weighted by Gasteiger charge is 2.44. The van der Waals surface area contributed by atoms with Gasteiger partial charge in [0.05, 0.1) is 5.02 Å². The van der Waals surface area contributed by atoms with E-state index in [0.717, 1.165) is 10.6 Å². The van der Waals surface area contributed by atoms with Gasteiger partial charge in [0.1, 0.15) is 17.1 Å². The number of nitrogens with one attached hydrogen (secondary N) is 2. The molecule has 2 aromatic rings. The Kier molecular flexibility index (Phi) is 6.33. The van der Waals surface area contributed by atoms with Crippen LogP contribution in [0.4, 0.5) is 16.3 Å². The summed E-state index contributed by atoms with van der Waals surface area (Å²) in [4.78, 5) is 37.7. The smallest absolute Gasteiger partial charge is 0.321 e. The van der Waals surface area contributed by atoms with Crippen molar-refractivity contribution >= 4 is 52.5 Å². The Morgan fingerprint density at radius 1 is 1.13 bits per heavy atom. The second-order valence-corrected chi connectivity index (χ2v) is 8.77. The Hall–Kier alpha value is -2.78. The van der Waals surface area contributed by atoms with Crippen LogP contribution >= 0.6 is 23.4 Å². The molecule has 1 fully saturated rings. The molecule has 8 nitrogen and oxygen atoms in total. The highest BCUT2D eigenvalue weighted by atomic mass is 35.5. The van der Waals surface area contributed by atoms with Crippen LogP contribution in [-0.2, 0) is 9.63 Å². The van der Waals surface area contributed by atoms with Crippen LogP contribution in [-0.4, -0.2) is 52.5 Å².